The van der Waals surface area contributed by atoms with Gasteiger partial charge in [0.1, 0.15) is 0 Å². The van der Waals surface area contributed by atoms with Gasteiger partial charge < -0.3 is 10.6 Å². The molecular weight excluding hydrogens is 462 g/mol. The van der Waals surface area contributed by atoms with Crippen LogP contribution in [0, 0.1) is 0 Å². The standard InChI is InChI=1S/C24H22ClN3O4S/c1-15-13-18-14-17(24(30)27-21-8-6-20(7-9-21)26-16(2)29)3-12-23(18)28(15)33(31,32)22-10-4-19(25)5-11-22/h3-12,14-15H,13H2,1-2H3,(H,26,29)(H,27,30)/t15-/m1/s1. The number of rotatable bonds is 5. The first-order chi connectivity index (χ1) is 15.6. The predicted molar refractivity (Wildman–Crippen MR) is 129 cm³/mol. The molecule has 0 saturated heterocycles. The molecule has 1 aliphatic heterocycles. The van der Waals surface area contributed by atoms with Crippen LogP contribution in [0.1, 0.15) is 29.8 Å². The van der Waals surface area contributed by atoms with Crippen molar-refractivity contribution in [3.63, 3.8) is 0 Å². The van der Waals surface area contributed by atoms with E-state index in [2.05, 4.69) is 10.6 Å². The largest absolute Gasteiger partial charge is 0.326 e. The zero-order valence-electron chi connectivity index (χ0n) is 18.0. The van der Waals surface area contributed by atoms with E-state index in [1.54, 1.807) is 54.6 Å². The van der Waals surface area contributed by atoms with Crippen molar-refractivity contribution in [2.45, 2.75) is 31.2 Å². The van der Waals surface area contributed by atoms with Crippen LogP contribution in [0.25, 0.3) is 0 Å². The van der Waals surface area contributed by atoms with E-state index in [0.717, 1.165) is 5.56 Å². The third-order valence-corrected chi connectivity index (χ3v) is 7.52. The van der Waals surface area contributed by atoms with Gasteiger partial charge in [0, 0.05) is 34.9 Å². The second kappa shape index (κ2) is 8.88. The molecule has 1 atom stereocenters. The van der Waals surface area contributed by atoms with Gasteiger partial charge in [-0.05, 0) is 85.6 Å². The van der Waals surface area contributed by atoms with E-state index >= 15 is 0 Å². The third-order valence-electron chi connectivity index (χ3n) is 5.33. The normalized spacial score (nSPS) is 15.1. The summed E-state index contributed by atoms with van der Waals surface area (Å²) in [5, 5.41) is 5.95. The molecule has 4 rings (SSSR count). The van der Waals surface area contributed by atoms with Gasteiger partial charge in [0.2, 0.25) is 5.91 Å². The molecule has 33 heavy (non-hydrogen) atoms. The topological polar surface area (TPSA) is 95.6 Å². The number of amides is 2. The number of hydrogen-bond donors (Lipinski definition) is 2. The summed E-state index contributed by atoms with van der Waals surface area (Å²) >= 11 is 5.90. The van der Waals surface area contributed by atoms with E-state index in [4.69, 9.17) is 11.6 Å². The molecule has 0 aliphatic carbocycles. The molecule has 1 aliphatic rings. The molecule has 1 heterocycles. The smallest absolute Gasteiger partial charge is 0.264 e. The van der Waals surface area contributed by atoms with Crippen molar-refractivity contribution in [1.82, 2.24) is 0 Å². The van der Waals surface area contributed by atoms with Crippen molar-refractivity contribution in [3.8, 4) is 0 Å². The van der Waals surface area contributed by atoms with Crippen molar-refractivity contribution < 1.29 is 18.0 Å². The van der Waals surface area contributed by atoms with Crippen LogP contribution in [0.5, 0.6) is 0 Å². The van der Waals surface area contributed by atoms with Gasteiger partial charge in [-0.3, -0.25) is 13.9 Å². The number of hydrogen-bond acceptors (Lipinski definition) is 4. The quantitative estimate of drug-likeness (QED) is 0.550. The fourth-order valence-electron chi connectivity index (χ4n) is 3.87. The minimum Gasteiger partial charge on any atom is -0.326 e. The highest BCUT2D eigenvalue weighted by Crippen LogP contribution is 2.37. The lowest BCUT2D eigenvalue weighted by Crippen LogP contribution is -2.35. The Morgan fingerprint density at radius 2 is 1.55 bits per heavy atom. The maximum atomic E-state index is 13.3. The number of benzene rings is 3. The molecule has 3 aromatic rings. The number of fused-ring (bicyclic) bond motifs is 1. The highest BCUT2D eigenvalue weighted by molar-refractivity contribution is 7.92. The highest BCUT2D eigenvalue weighted by Gasteiger charge is 2.36. The lowest BCUT2D eigenvalue weighted by atomic mass is 10.1. The zero-order valence-corrected chi connectivity index (χ0v) is 19.6. The Bertz CT molecular complexity index is 1320. The summed E-state index contributed by atoms with van der Waals surface area (Å²) < 4.78 is 27.9. The van der Waals surface area contributed by atoms with Crippen LogP contribution in [0.4, 0.5) is 17.1 Å². The number of carbonyl (C=O) groups excluding carboxylic acids is 2. The summed E-state index contributed by atoms with van der Waals surface area (Å²) in [4.78, 5) is 24.1. The van der Waals surface area contributed by atoms with E-state index in [-0.39, 0.29) is 22.8 Å². The molecule has 0 bridgehead atoms. The average molecular weight is 484 g/mol. The predicted octanol–water partition coefficient (Wildman–Crippen LogP) is 4.69. The molecule has 3 aromatic carbocycles. The van der Waals surface area contributed by atoms with E-state index < -0.39 is 10.0 Å². The van der Waals surface area contributed by atoms with Gasteiger partial charge in [-0.15, -0.1) is 0 Å². The molecule has 0 aromatic heterocycles. The van der Waals surface area contributed by atoms with Crippen LogP contribution < -0.4 is 14.9 Å². The molecule has 2 N–H and O–H groups in total. The first-order valence-corrected chi connectivity index (χ1v) is 12.1. The zero-order chi connectivity index (χ0) is 23.8. The minimum absolute atomic E-state index is 0.163. The van der Waals surface area contributed by atoms with Crippen LogP contribution in [0.3, 0.4) is 0 Å². The second-order valence-corrected chi connectivity index (χ2v) is 10.1. The number of carbonyl (C=O) groups is 2. The lowest BCUT2D eigenvalue weighted by Gasteiger charge is -2.24. The molecule has 170 valence electrons. The van der Waals surface area contributed by atoms with Crippen LogP contribution in [0.2, 0.25) is 5.02 Å². The van der Waals surface area contributed by atoms with E-state index in [9.17, 15) is 18.0 Å². The van der Waals surface area contributed by atoms with Crippen LogP contribution in [-0.2, 0) is 21.2 Å². The molecule has 7 nitrogen and oxygen atoms in total. The summed E-state index contributed by atoms with van der Waals surface area (Å²) in [6, 6.07) is 17.6. The molecule has 0 saturated carbocycles. The van der Waals surface area contributed by atoms with Crippen LogP contribution in [-0.4, -0.2) is 26.3 Å². The van der Waals surface area contributed by atoms with Gasteiger partial charge in [-0.2, -0.15) is 0 Å². The Balaban J connectivity index is 1.55. The van der Waals surface area contributed by atoms with E-state index in [1.165, 1.54) is 23.4 Å². The second-order valence-electron chi connectivity index (χ2n) is 7.86. The van der Waals surface area contributed by atoms with Crippen molar-refractivity contribution in [2.75, 3.05) is 14.9 Å². The molecule has 0 unspecified atom stereocenters. The Kier molecular flexibility index (Phi) is 6.14. The van der Waals surface area contributed by atoms with Crippen molar-refractivity contribution in [2.24, 2.45) is 0 Å². The molecule has 0 fully saturated rings. The van der Waals surface area contributed by atoms with Crippen molar-refractivity contribution in [1.29, 1.82) is 0 Å². The molecule has 0 radical (unpaired) electrons. The Morgan fingerprint density at radius 1 is 0.939 bits per heavy atom. The Morgan fingerprint density at radius 3 is 2.15 bits per heavy atom. The SMILES string of the molecule is CC(=O)Nc1ccc(NC(=O)c2ccc3c(c2)C[C@@H](C)N3S(=O)(=O)c2ccc(Cl)cc2)cc1. The van der Waals surface area contributed by atoms with Gasteiger partial charge in [0.25, 0.3) is 15.9 Å². The summed E-state index contributed by atoms with van der Waals surface area (Å²) in [7, 11) is -3.77. The summed E-state index contributed by atoms with van der Waals surface area (Å²) in [5.41, 5.74) is 2.99. The average Bonchev–Trinajstić information content (AvgIpc) is 3.10. The number of halogens is 1. The molecule has 9 heteroatoms. The Labute approximate surface area is 197 Å². The molecular formula is C24H22ClN3O4S. The van der Waals surface area contributed by atoms with E-state index in [1.807, 2.05) is 6.92 Å². The maximum absolute atomic E-state index is 13.3. The van der Waals surface area contributed by atoms with Gasteiger partial charge >= 0.3 is 0 Å². The number of anilines is 3. The van der Waals surface area contributed by atoms with Gasteiger partial charge in [0.15, 0.2) is 0 Å². The fourth-order valence-corrected chi connectivity index (χ4v) is 5.69. The van der Waals surface area contributed by atoms with Gasteiger partial charge in [0.05, 0.1) is 10.6 Å². The maximum Gasteiger partial charge on any atom is 0.264 e. The molecule has 2 amide bonds. The Hall–Kier alpha value is -3.36. The number of sulfonamides is 1. The minimum atomic E-state index is -3.77. The van der Waals surface area contributed by atoms with Crippen molar-refractivity contribution in [3.05, 3.63) is 82.9 Å². The first-order valence-electron chi connectivity index (χ1n) is 10.3. The van der Waals surface area contributed by atoms with Crippen LogP contribution >= 0.6 is 11.6 Å². The summed E-state index contributed by atoms with van der Waals surface area (Å²) in [6.45, 7) is 3.26. The monoisotopic (exact) mass is 483 g/mol. The van der Waals surface area contributed by atoms with Gasteiger partial charge in [-0.1, -0.05) is 11.6 Å². The van der Waals surface area contributed by atoms with Gasteiger partial charge in [-0.25, -0.2) is 8.42 Å². The molecule has 0 spiro atoms. The summed E-state index contributed by atoms with van der Waals surface area (Å²) in [6.07, 6.45) is 0.495. The lowest BCUT2D eigenvalue weighted by molar-refractivity contribution is -0.114. The highest BCUT2D eigenvalue weighted by atomic mass is 35.5. The number of nitrogens with one attached hydrogen (secondary N) is 2. The first kappa shape index (κ1) is 22.8. The fraction of sp³-hybridized carbons (Fsp3) is 0.167. The van der Waals surface area contributed by atoms with Crippen LogP contribution in [0.15, 0.2) is 71.6 Å². The van der Waals surface area contributed by atoms with E-state index in [0.29, 0.717) is 34.1 Å². The van der Waals surface area contributed by atoms with Crippen molar-refractivity contribution >= 4 is 50.5 Å². The third kappa shape index (κ3) is 4.72. The number of nitrogens with zero attached hydrogens (tertiary/aromatic N) is 1. The summed E-state index contributed by atoms with van der Waals surface area (Å²) in [5.74, 6) is -0.483.